The van der Waals surface area contributed by atoms with Gasteiger partial charge in [0.25, 0.3) is 0 Å². The minimum absolute atomic E-state index is 0.0474. The number of aliphatic hydroxyl groups excluding tert-OH is 1. The zero-order chi connectivity index (χ0) is 18.2. The van der Waals surface area contributed by atoms with Gasteiger partial charge in [-0.3, -0.25) is 9.59 Å². The van der Waals surface area contributed by atoms with Crippen molar-refractivity contribution < 1.29 is 24.9 Å². The quantitative estimate of drug-likeness (QED) is 0.402. The summed E-state index contributed by atoms with van der Waals surface area (Å²) in [6.07, 6.45) is -0.274. The topological polar surface area (TPSA) is 94.8 Å². The molecular formula is C14H14Br4O5. The molecule has 1 aliphatic rings. The second-order valence-electron chi connectivity index (χ2n) is 5.00. The van der Waals surface area contributed by atoms with Crippen LogP contribution in [0.3, 0.4) is 0 Å². The molecule has 0 amide bonds. The molecule has 0 saturated carbocycles. The fraction of sp³-hybridized carbons (Fsp3) is 0.429. The van der Waals surface area contributed by atoms with E-state index in [0.29, 0.717) is 8.96 Å². The van der Waals surface area contributed by atoms with Crippen LogP contribution in [-0.2, 0) is 9.59 Å². The molecule has 0 aromatic rings. The van der Waals surface area contributed by atoms with Crippen molar-refractivity contribution in [3.05, 3.63) is 30.6 Å². The van der Waals surface area contributed by atoms with Crippen molar-refractivity contribution >= 4 is 75.7 Å². The van der Waals surface area contributed by atoms with Gasteiger partial charge in [-0.25, -0.2) is 0 Å². The molecule has 0 fully saturated rings. The zero-order valence-corrected chi connectivity index (χ0v) is 18.3. The molecule has 1 rings (SSSR count). The molecule has 3 unspecified atom stereocenters. The summed E-state index contributed by atoms with van der Waals surface area (Å²) in [6, 6.07) is 0. The molecule has 0 radical (unpaired) electrons. The molecule has 128 valence electrons. The van der Waals surface area contributed by atoms with Gasteiger partial charge in [-0.1, -0.05) is 44.9 Å². The zero-order valence-electron chi connectivity index (χ0n) is 11.9. The van der Waals surface area contributed by atoms with Gasteiger partial charge in [0.05, 0.1) is 6.10 Å². The minimum atomic E-state index is -2.13. The first-order valence-corrected chi connectivity index (χ1v) is 9.62. The van der Waals surface area contributed by atoms with Crippen molar-refractivity contribution in [2.75, 3.05) is 0 Å². The van der Waals surface area contributed by atoms with E-state index in [9.17, 15) is 24.9 Å². The Kier molecular flexibility index (Phi) is 6.89. The van der Waals surface area contributed by atoms with Crippen LogP contribution < -0.4 is 0 Å². The molecule has 3 atom stereocenters. The Morgan fingerprint density at radius 3 is 1.96 bits per heavy atom. The van der Waals surface area contributed by atoms with Gasteiger partial charge in [-0.15, -0.1) is 6.58 Å². The molecule has 0 heterocycles. The van der Waals surface area contributed by atoms with E-state index in [0.717, 1.165) is 0 Å². The average Bonchev–Trinajstić information content (AvgIpc) is 2.49. The van der Waals surface area contributed by atoms with Crippen LogP contribution in [0.2, 0.25) is 0 Å². The SMILES string of the molecule is C=CCC1(C(=O)O)C(Br)=C(Br)C(Br)=C(Br)C1(C(=O)O)C(O)CC. The van der Waals surface area contributed by atoms with E-state index in [2.05, 4.69) is 70.3 Å². The Bertz CT molecular complexity index is 627. The van der Waals surface area contributed by atoms with Crippen molar-refractivity contribution in [3.63, 3.8) is 0 Å². The van der Waals surface area contributed by atoms with E-state index in [1.165, 1.54) is 6.08 Å². The fourth-order valence-corrected chi connectivity index (χ4v) is 6.28. The number of hydrogen-bond acceptors (Lipinski definition) is 3. The number of aliphatic carboxylic acids is 2. The van der Waals surface area contributed by atoms with Crippen LogP contribution >= 0.6 is 63.7 Å². The van der Waals surface area contributed by atoms with Gasteiger partial charge in [0.1, 0.15) is 10.8 Å². The van der Waals surface area contributed by atoms with Crippen molar-refractivity contribution in [1.82, 2.24) is 0 Å². The number of rotatable bonds is 6. The first kappa shape index (κ1) is 21.1. The molecule has 0 spiro atoms. The molecule has 0 saturated heterocycles. The van der Waals surface area contributed by atoms with E-state index in [1.807, 2.05) is 0 Å². The Morgan fingerprint density at radius 2 is 1.61 bits per heavy atom. The maximum absolute atomic E-state index is 12.3. The number of carbonyl (C=O) groups is 2. The predicted molar refractivity (Wildman–Crippen MR) is 101 cm³/mol. The number of carboxylic acid groups (broad SMARTS) is 2. The lowest BCUT2D eigenvalue weighted by Crippen LogP contribution is -2.60. The van der Waals surface area contributed by atoms with Crippen LogP contribution in [0.15, 0.2) is 30.6 Å². The van der Waals surface area contributed by atoms with Crippen molar-refractivity contribution in [2.24, 2.45) is 10.8 Å². The third kappa shape index (κ3) is 2.72. The lowest BCUT2D eigenvalue weighted by atomic mass is 9.56. The minimum Gasteiger partial charge on any atom is -0.481 e. The highest BCUT2D eigenvalue weighted by atomic mass is 79.9. The number of aliphatic hydroxyl groups is 1. The van der Waals surface area contributed by atoms with E-state index in [1.54, 1.807) is 6.92 Å². The molecule has 9 heteroatoms. The summed E-state index contributed by atoms with van der Waals surface area (Å²) in [7, 11) is 0. The van der Waals surface area contributed by atoms with Crippen LogP contribution in [0, 0.1) is 10.8 Å². The molecule has 0 aliphatic heterocycles. The molecule has 0 aromatic heterocycles. The third-order valence-electron chi connectivity index (χ3n) is 4.01. The van der Waals surface area contributed by atoms with Gasteiger partial charge in [-0.2, -0.15) is 0 Å². The number of hydrogen-bond donors (Lipinski definition) is 3. The normalized spacial score (nSPS) is 29.5. The number of carboxylic acids is 2. The summed E-state index contributed by atoms with van der Waals surface area (Å²) in [6.45, 7) is 5.14. The first-order chi connectivity index (χ1) is 10.6. The first-order valence-electron chi connectivity index (χ1n) is 6.44. The van der Waals surface area contributed by atoms with Crippen molar-refractivity contribution in [3.8, 4) is 0 Å². The second-order valence-corrected chi connectivity index (χ2v) is 8.17. The summed E-state index contributed by atoms with van der Waals surface area (Å²) in [4.78, 5) is 24.5. The largest absolute Gasteiger partial charge is 0.481 e. The molecule has 5 nitrogen and oxygen atoms in total. The molecule has 3 N–H and O–H groups in total. The lowest BCUT2D eigenvalue weighted by molar-refractivity contribution is -0.175. The van der Waals surface area contributed by atoms with Gasteiger partial charge in [-0.05, 0) is 44.7 Å². The lowest BCUT2D eigenvalue weighted by Gasteiger charge is -2.49. The maximum atomic E-state index is 12.3. The summed E-state index contributed by atoms with van der Waals surface area (Å²) >= 11 is 13.0. The smallest absolute Gasteiger partial charge is 0.318 e. The Morgan fingerprint density at radius 1 is 1.13 bits per heavy atom. The highest BCUT2D eigenvalue weighted by Gasteiger charge is 2.69. The Balaban J connectivity index is 4.10. The highest BCUT2D eigenvalue weighted by Crippen LogP contribution is 2.65. The summed E-state index contributed by atoms with van der Waals surface area (Å²) in [5, 5.41) is 30.6. The third-order valence-corrected chi connectivity index (χ3v) is 9.29. The average molecular weight is 582 g/mol. The van der Waals surface area contributed by atoms with Crippen LogP contribution in [0.1, 0.15) is 19.8 Å². The molecule has 0 aromatic carbocycles. The van der Waals surface area contributed by atoms with Crippen LogP contribution in [0.5, 0.6) is 0 Å². The molecule has 1 aliphatic carbocycles. The van der Waals surface area contributed by atoms with Crippen molar-refractivity contribution in [2.45, 2.75) is 25.9 Å². The second kappa shape index (κ2) is 7.51. The highest BCUT2D eigenvalue weighted by molar-refractivity contribution is 9.17. The monoisotopic (exact) mass is 578 g/mol. The predicted octanol–water partition coefficient (Wildman–Crippen LogP) is 4.49. The summed E-state index contributed by atoms with van der Waals surface area (Å²) < 4.78 is 0.836. The van der Waals surface area contributed by atoms with Crippen LogP contribution in [0.4, 0.5) is 0 Å². The number of halogens is 4. The van der Waals surface area contributed by atoms with E-state index in [4.69, 9.17) is 0 Å². The standard InChI is InChI=1S/C14H14Br4O5/c1-3-5-13(11(20)21)9(17)7(15)8(16)10(18)14(13,12(22)23)6(19)4-2/h3,6,19H,1,4-5H2,2H3,(H,20,21)(H,22,23). The Hall–Kier alpha value is 0.0400. The Labute approximate surface area is 167 Å². The van der Waals surface area contributed by atoms with Crippen LogP contribution in [0.25, 0.3) is 0 Å². The molecular weight excluding hydrogens is 568 g/mol. The summed E-state index contributed by atoms with van der Waals surface area (Å²) in [5.74, 6) is -2.83. The number of allylic oxidation sites excluding steroid dienone is 3. The summed E-state index contributed by atoms with van der Waals surface area (Å²) in [5.41, 5.74) is -4.10. The van der Waals surface area contributed by atoms with E-state index >= 15 is 0 Å². The van der Waals surface area contributed by atoms with Gasteiger partial charge >= 0.3 is 11.9 Å². The van der Waals surface area contributed by atoms with Gasteiger partial charge in [0.15, 0.2) is 0 Å². The maximum Gasteiger partial charge on any atom is 0.318 e. The fourth-order valence-electron chi connectivity index (χ4n) is 2.89. The van der Waals surface area contributed by atoms with Crippen LogP contribution in [-0.4, -0.2) is 33.4 Å². The molecule has 23 heavy (non-hydrogen) atoms. The van der Waals surface area contributed by atoms with Crippen molar-refractivity contribution in [1.29, 1.82) is 0 Å². The van der Waals surface area contributed by atoms with E-state index in [-0.39, 0.29) is 21.8 Å². The van der Waals surface area contributed by atoms with Gasteiger partial charge < -0.3 is 15.3 Å². The molecule has 0 bridgehead atoms. The van der Waals surface area contributed by atoms with Gasteiger partial charge in [0, 0.05) is 17.9 Å². The van der Waals surface area contributed by atoms with Gasteiger partial charge in [0.2, 0.25) is 0 Å². The van der Waals surface area contributed by atoms with E-state index < -0.39 is 28.9 Å².